The molecule has 1 heterocycles. The van der Waals surface area contributed by atoms with Crippen molar-refractivity contribution >= 4 is 11.8 Å². The SMILES string of the molecule is CCOc1nc(C(=O)O)c([N+](=O)[O-])[nH]1. The maximum Gasteiger partial charge on any atom is 0.389 e. The van der Waals surface area contributed by atoms with E-state index in [2.05, 4.69) is 9.97 Å². The predicted octanol–water partition coefficient (Wildman–Crippen LogP) is 0.415. The maximum atomic E-state index is 10.5. The fraction of sp³-hybridized carbons (Fsp3) is 0.333. The number of rotatable bonds is 4. The van der Waals surface area contributed by atoms with E-state index in [1.807, 2.05) is 0 Å². The Morgan fingerprint density at radius 3 is 2.79 bits per heavy atom. The number of ether oxygens (including phenoxy) is 1. The Hall–Kier alpha value is -2.12. The fourth-order valence-corrected chi connectivity index (χ4v) is 0.829. The molecule has 76 valence electrons. The van der Waals surface area contributed by atoms with Crippen molar-refractivity contribution in [2.24, 2.45) is 0 Å². The van der Waals surface area contributed by atoms with Crippen molar-refractivity contribution in [1.82, 2.24) is 9.97 Å². The Morgan fingerprint density at radius 2 is 2.43 bits per heavy atom. The molecule has 1 aromatic rings. The van der Waals surface area contributed by atoms with Crippen molar-refractivity contribution in [2.45, 2.75) is 6.92 Å². The molecule has 2 N–H and O–H groups in total. The molecule has 0 bridgehead atoms. The molecule has 14 heavy (non-hydrogen) atoms. The van der Waals surface area contributed by atoms with Crippen LogP contribution in [0.25, 0.3) is 0 Å². The lowest BCUT2D eigenvalue weighted by molar-refractivity contribution is -0.389. The lowest BCUT2D eigenvalue weighted by Crippen LogP contribution is -2.01. The average Bonchev–Trinajstić information content (AvgIpc) is 2.49. The van der Waals surface area contributed by atoms with Crippen LogP contribution in [0, 0.1) is 10.1 Å². The summed E-state index contributed by atoms with van der Waals surface area (Å²) in [4.78, 5) is 25.6. The second-order valence-electron chi connectivity index (χ2n) is 2.23. The van der Waals surface area contributed by atoms with Gasteiger partial charge in [0, 0.05) is 0 Å². The maximum absolute atomic E-state index is 10.5. The first-order valence-electron chi connectivity index (χ1n) is 3.66. The van der Waals surface area contributed by atoms with Gasteiger partial charge in [-0.3, -0.25) is 0 Å². The van der Waals surface area contributed by atoms with E-state index in [1.54, 1.807) is 6.92 Å². The minimum atomic E-state index is -1.47. The highest BCUT2D eigenvalue weighted by molar-refractivity contribution is 5.89. The second kappa shape index (κ2) is 3.73. The molecule has 0 aliphatic rings. The Bertz CT molecular complexity index is 340. The average molecular weight is 201 g/mol. The molecule has 1 aromatic heterocycles. The molecule has 0 aliphatic heterocycles. The number of aromatic carboxylic acids is 1. The molecular weight excluding hydrogens is 194 g/mol. The molecule has 0 spiro atoms. The molecule has 0 saturated heterocycles. The monoisotopic (exact) mass is 201 g/mol. The lowest BCUT2D eigenvalue weighted by Gasteiger charge is -1.90. The van der Waals surface area contributed by atoms with Gasteiger partial charge in [0.15, 0.2) is 0 Å². The van der Waals surface area contributed by atoms with Gasteiger partial charge in [-0.15, -0.1) is 0 Å². The fourth-order valence-electron chi connectivity index (χ4n) is 0.829. The smallest absolute Gasteiger partial charge is 0.389 e. The number of nitro groups is 1. The van der Waals surface area contributed by atoms with Crippen molar-refractivity contribution in [3.63, 3.8) is 0 Å². The molecular formula is C6H7N3O5. The van der Waals surface area contributed by atoms with E-state index >= 15 is 0 Å². The first-order valence-corrected chi connectivity index (χ1v) is 3.66. The van der Waals surface area contributed by atoms with Gasteiger partial charge >= 0.3 is 17.8 Å². The molecule has 0 saturated carbocycles. The summed E-state index contributed by atoms with van der Waals surface area (Å²) in [6.45, 7) is 1.89. The summed E-state index contributed by atoms with van der Waals surface area (Å²) in [5, 5.41) is 18.9. The van der Waals surface area contributed by atoms with Gasteiger partial charge in [0.1, 0.15) is 0 Å². The highest BCUT2D eigenvalue weighted by Crippen LogP contribution is 2.18. The number of hydrogen-bond donors (Lipinski definition) is 2. The van der Waals surface area contributed by atoms with E-state index in [4.69, 9.17) is 9.84 Å². The zero-order valence-electron chi connectivity index (χ0n) is 7.18. The van der Waals surface area contributed by atoms with E-state index in [0.29, 0.717) is 0 Å². The van der Waals surface area contributed by atoms with E-state index in [-0.39, 0.29) is 12.6 Å². The molecule has 0 fully saturated rings. The van der Waals surface area contributed by atoms with E-state index in [0.717, 1.165) is 0 Å². The first-order chi connectivity index (χ1) is 6.56. The Labute approximate surface area is 77.7 Å². The number of aromatic amines is 1. The summed E-state index contributed by atoms with van der Waals surface area (Å²) in [6, 6.07) is -0.170. The third-order valence-corrected chi connectivity index (χ3v) is 1.33. The quantitative estimate of drug-likeness (QED) is 0.538. The summed E-state index contributed by atoms with van der Waals surface area (Å²) >= 11 is 0. The molecule has 0 unspecified atom stereocenters. The van der Waals surface area contributed by atoms with Crippen LogP contribution in [0.15, 0.2) is 0 Å². The van der Waals surface area contributed by atoms with Crippen molar-refractivity contribution in [1.29, 1.82) is 0 Å². The van der Waals surface area contributed by atoms with Gasteiger partial charge < -0.3 is 20.0 Å². The van der Waals surface area contributed by atoms with Crippen LogP contribution in [-0.4, -0.2) is 32.6 Å². The number of aromatic nitrogens is 2. The van der Waals surface area contributed by atoms with Gasteiger partial charge in [-0.2, -0.15) is 9.97 Å². The van der Waals surface area contributed by atoms with E-state index < -0.39 is 22.4 Å². The van der Waals surface area contributed by atoms with Crippen LogP contribution in [-0.2, 0) is 0 Å². The molecule has 8 nitrogen and oxygen atoms in total. The summed E-state index contributed by atoms with van der Waals surface area (Å²) in [5.74, 6) is -2.15. The zero-order valence-corrected chi connectivity index (χ0v) is 7.18. The minimum absolute atomic E-state index is 0.170. The van der Waals surface area contributed by atoms with Gasteiger partial charge in [0.2, 0.25) is 5.69 Å². The summed E-state index contributed by atoms with van der Waals surface area (Å²) in [7, 11) is 0. The van der Waals surface area contributed by atoms with Gasteiger partial charge in [0.05, 0.1) is 6.61 Å². The van der Waals surface area contributed by atoms with Gasteiger partial charge in [-0.25, -0.2) is 4.79 Å². The third kappa shape index (κ3) is 1.79. The van der Waals surface area contributed by atoms with Crippen molar-refractivity contribution < 1.29 is 19.6 Å². The van der Waals surface area contributed by atoms with E-state index in [9.17, 15) is 14.9 Å². The number of imidazole rings is 1. The summed E-state index contributed by atoms with van der Waals surface area (Å²) in [5.41, 5.74) is -0.654. The standard InChI is InChI=1S/C6H7N3O5/c1-2-14-6-7-3(5(10)11)4(8-6)9(12)13/h2H2,1H3,(H,7,8)(H,10,11). The Balaban J connectivity index is 3.12. The number of nitrogens with zero attached hydrogens (tertiary/aromatic N) is 2. The molecule has 0 aliphatic carbocycles. The number of carboxylic acids is 1. The van der Waals surface area contributed by atoms with Gasteiger partial charge in [-0.1, -0.05) is 0 Å². The molecule has 0 amide bonds. The van der Waals surface area contributed by atoms with E-state index in [1.165, 1.54) is 0 Å². The summed E-state index contributed by atoms with van der Waals surface area (Å²) in [6.07, 6.45) is 0. The molecule has 1 rings (SSSR count). The summed E-state index contributed by atoms with van der Waals surface area (Å²) < 4.78 is 4.79. The molecule has 0 atom stereocenters. The van der Waals surface area contributed by atoms with Crippen molar-refractivity contribution in [3.8, 4) is 6.01 Å². The third-order valence-electron chi connectivity index (χ3n) is 1.33. The molecule has 0 aromatic carbocycles. The zero-order chi connectivity index (χ0) is 10.7. The van der Waals surface area contributed by atoms with Crippen molar-refractivity contribution in [2.75, 3.05) is 6.61 Å². The topological polar surface area (TPSA) is 118 Å². The van der Waals surface area contributed by atoms with Crippen LogP contribution in [0.3, 0.4) is 0 Å². The number of hydrogen-bond acceptors (Lipinski definition) is 5. The van der Waals surface area contributed by atoms with Crippen LogP contribution in [0.4, 0.5) is 5.82 Å². The lowest BCUT2D eigenvalue weighted by atomic mass is 10.4. The number of nitrogens with one attached hydrogen (secondary N) is 1. The Kier molecular flexibility index (Phi) is 2.65. The minimum Gasteiger partial charge on any atom is -0.476 e. The highest BCUT2D eigenvalue weighted by atomic mass is 16.6. The number of H-pyrrole nitrogens is 1. The number of carboxylic acid groups (broad SMARTS) is 1. The van der Waals surface area contributed by atoms with Gasteiger partial charge in [0.25, 0.3) is 0 Å². The number of carbonyl (C=O) groups is 1. The van der Waals surface area contributed by atoms with Gasteiger partial charge in [-0.05, 0) is 11.8 Å². The molecule has 0 radical (unpaired) electrons. The largest absolute Gasteiger partial charge is 0.476 e. The molecule has 8 heteroatoms. The Morgan fingerprint density at radius 1 is 1.79 bits per heavy atom. The van der Waals surface area contributed by atoms with Crippen molar-refractivity contribution in [3.05, 3.63) is 15.8 Å². The van der Waals surface area contributed by atoms with Crippen LogP contribution in [0.5, 0.6) is 6.01 Å². The van der Waals surface area contributed by atoms with Crippen LogP contribution >= 0.6 is 0 Å². The normalized spacial score (nSPS) is 9.79. The van der Waals surface area contributed by atoms with Crippen LogP contribution in [0.2, 0.25) is 0 Å². The second-order valence-corrected chi connectivity index (χ2v) is 2.23. The van der Waals surface area contributed by atoms with Crippen LogP contribution < -0.4 is 4.74 Å². The first kappa shape index (κ1) is 9.96. The van der Waals surface area contributed by atoms with Crippen LogP contribution in [0.1, 0.15) is 17.4 Å². The highest BCUT2D eigenvalue weighted by Gasteiger charge is 2.26. The predicted molar refractivity (Wildman–Crippen MR) is 43.4 cm³/mol.